The van der Waals surface area contributed by atoms with Crippen molar-refractivity contribution < 1.29 is 13.9 Å². The molecule has 8 nitrogen and oxygen atoms in total. The molecular weight excluding hydrogens is 387 g/mol. The van der Waals surface area contributed by atoms with Gasteiger partial charge in [-0.2, -0.15) is 0 Å². The molecule has 3 aromatic heterocycles. The molecule has 0 bridgehead atoms. The summed E-state index contributed by atoms with van der Waals surface area (Å²) in [5, 5.41) is 11.6. The largest absolute Gasteiger partial charge is 0.493 e. The fourth-order valence-corrected chi connectivity index (χ4v) is 4.08. The van der Waals surface area contributed by atoms with Gasteiger partial charge in [0.1, 0.15) is 17.9 Å². The minimum atomic E-state index is -0.259. The van der Waals surface area contributed by atoms with E-state index in [1.807, 2.05) is 13.0 Å². The van der Waals surface area contributed by atoms with Crippen molar-refractivity contribution in [1.29, 1.82) is 0 Å². The summed E-state index contributed by atoms with van der Waals surface area (Å²) < 4.78 is 28.4. The third kappa shape index (κ3) is 2.51. The molecule has 30 heavy (non-hydrogen) atoms. The lowest BCUT2D eigenvalue weighted by atomic mass is 9.96. The van der Waals surface area contributed by atoms with E-state index in [2.05, 4.69) is 25.5 Å². The normalized spacial score (nSPS) is 17.1. The molecule has 0 amide bonds. The topological polar surface area (TPSA) is 86.5 Å². The van der Waals surface area contributed by atoms with Crippen LogP contribution in [0.1, 0.15) is 22.6 Å². The summed E-state index contributed by atoms with van der Waals surface area (Å²) in [7, 11) is 0. The number of aryl methyl sites for hydroxylation is 1. The van der Waals surface area contributed by atoms with Gasteiger partial charge in [0.25, 0.3) is 0 Å². The molecule has 1 atom stereocenters. The molecule has 0 radical (unpaired) electrons. The van der Waals surface area contributed by atoms with Gasteiger partial charge in [0.2, 0.25) is 0 Å². The van der Waals surface area contributed by atoms with E-state index >= 15 is 0 Å². The Bertz CT molecular complexity index is 1290. The number of ether oxygens (including phenoxy) is 2. The third-order valence-electron chi connectivity index (χ3n) is 5.54. The Morgan fingerprint density at radius 3 is 2.77 bits per heavy atom. The molecule has 0 fully saturated rings. The summed E-state index contributed by atoms with van der Waals surface area (Å²) in [6.45, 7) is 3.05. The lowest BCUT2D eigenvalue weighted by molar-refractivity contribution is 0.249. The average Bonchev–Trinajstić information content (AvgIpc) is 3.40. The fourth-order valence-electron chi connectivity index (χ4n) is 4.08. The molecule has 150 valence electrons. The molecule has 0 saturated heterocycles. The summed E-state index contributed by atoms with van der Waals surface area (Å²) in [6.07, 6.45) is 5.11. The van der Waals surface area contributed by atoms with Gasteiger partial charge in [0, 0.05) is 30.1 Å². The SMILES string of the molecule is Cc1cnc(-c2cc3c(n4cnnc24)NCc2c(F)ccc4c2[C@@H](CO4)CO3)nc1. The molecule has 0 aliphatic carbocycles. The molecule has 0 unspecified atom stereocenters. The molecule has 6 rings (SSSR count). The Hall–Kier alpha value is -3.75. The number of hydrogen-bond donors (Lipinski definition) is 1. The highest BCUT2D eigenvalue weighted by molar-refractivity contribution is 5.78. The highest BCUT2D eigenvalue weighted by Gasteiger charge is 2.31. The van der Waals surface area contributed by atoms with E-state index in [1.54, 1.807) is 29.2 Å². The molecule has 2 aliphatic rings. The number of halogens is 1. The minimum absolute atomic E-state index is 0.0471. The van der Waals surface area contributed by atoms with Crippen LogP contribution in [0.5, 0.6) is 11.5 Å². The maximum absolute atomic E-state index is 14.7. The highest BCUT2D eigenvalue weighted by Crippen LogP contribution is 2.41. The third-order valence-corrected chi connectivity index (χ3v) is 5.54. The number of nitrogens with zero attached hydrogens (tertiary/aromatic N) is 5. The highest BCUT2D eigenvalue weighted by atomic mass is 19.1. The number of nitrogens with one attached hydrogen (secondary N) is 1. The van der Waals surface area contributed by atoms with Crippen LogP contribution in [0, 0.1) is 12.7 Å². The van der Waals surface area contributed by atoms with Gasteiger partial charge >= 0.3 is 0 Å². The van der Waals surface area contributed by atoms with Gasteiger partial charge in [-0.1, -0.05) is 0 Å². The quantitative estimate of drug-likeness (QED) is 0.522. The number of anilines is 1. The zero-order chi connectivity index (χ0) is 20.2. The Morgan fingerprint density at radius 1 is 1.13 bits per heavy atom. The minimum Gasteiger partial charge on any atom is -0.493 e. The number of rotatable bonds is 1. The van der Waals surface area contributed by atoms with Crippen LogP contribution in [-0.4, -0.2) is 37.8 Å². The first-order valence-corrected chi connectivity index (χ1v) is 9.65. The second kappa shape index (κ2) is 6.38. The van der Waals surface area contributed by atoms with Gasteiger partial charge in [-0.25, -0.2) is 14.4 Å². The smallest absolute Gasteiger partial charge is 0.173 e. The number of aromatic nitrogens is 5. The number of benzene rings is 1. The molecule has 4 aromatic rings. The van der Waals surface area contributed by atoms with Crippen molar-refractivity contribution in [3.8, 4) is 22.9 Å². The maximum atomic E-state index is 14.7. The van der Waals surface area contributed by atoms with E-state index in [1.165, 1.54) is 6.07 Å². The molecular formula is C21H17FN6O2. The van der Waals surface area contributed by atoms with Crippen molar-refractivity contribution in [3.05, 3.63) is 59.4 Å². The van der Waals surface area contributed by atoms with E-state index in [0.717, 1.165) is 16.9 Å². The maximum Gasteiger partial charge on any atom is 0.173 e. The van der Waals surface area contributed by atoms with E-state index in [0.29, 0.717) is 53.9 Å². The Morgan fingerprint density at radius 2 is 1.93 bits per heavy atom. The Balaban J connectivity index is 1.51. The first-order chi connectivity index (χ1) is 14.7. The van der Waals surface area contributed by atoms with Gasteiger partial charge in [-0.3, -0.25) is 4.40 Å². The molecule has 0 spiro atoms. The van der Waals surface area contributed by atoms with Crippen LogP contribution in [0.4, 0.5) is 10.2 Å². The molecule has 0 saturated carbocycles. The van der Waals surface area contributed by atoms with E-state index in [9.17, 15) is 4.39 Å². The van der Waals surface area contributed by atoms with Crippen molar-refractivity contribution in [2.45, 2.75) is 19.4 Å². The molecule has 1 aromatic carbocycles. The molecule has 5 heterocycles. The number of pyridine rings is 1. The molecule has 1 N–H and O–H groups in total. The van der Waals surface area contributed by atoms with Crippen molar-refractivity contribution in [2.75, 3.05) is 18.5 Å². The van der Waals surface area contributed by atoms with Crippen molar-refractivity contribution in [2.24, 2.45) is 0 Å². The van der Waals surface area contributed by atoms with Gasteiger partial charge < -0.3 is 14.8 Å². The summed E-state index contributed by atoms with van der Waals surface area (Å²) in [4.78, 5) is 8.87. The Kier molecular flexibility index (Phi) is 3.64. The lowest BCUT2D eigenvalue weighted by Gasteiger charge is -2.16. The van der Waals surface area contributed by atoms with Gasteiger partial charge in [-0.05, 0) is 30.7 Å². The zero-order valence-corrected chi connectivity index (χ0v) is 16.1. The van der Waals surface area contributed by atoms with Gasteiger partial charge in [0.05, 0.1) is 24.7 Å². The monoisotopic (exact) mass is 404 g/mol. The molecule has 2 aliphatic heterocycles. The van der Waals surface area contributed by atoms with Crippen LogP contribution in [0.25, 0.3) is 17.0 Å². The van der Waals surface area contributed by atoms with Crippen LogP contribution in [0.3, 0.4) is 0 Å². The van der Waals surface area contributed by atoms with E-state index in [4.69, 9.17) is 9.47 Å². The molecule has 9 heteroatoms. The second-order valence-corrected chi connectivity index (χ2v) is 7.49. The van der Waals surface area contributed by atoms with Crippen LogP contribution >= 0.6 is 0 Å². The van der Waals surface area contributed by atoms with E-state index < -0.39 is 0 Å². The van der Waals surface area contributed by atoms with Crippen LogP contribution < -0.4 is 14.8 Å². The number of hydrogen-bond acceptors (Lipinski definition) is 7. The summed E-state index contributed by atoms with van der Waals surface area (Å²) in [5.74, 6) is 2.20. The lowest BCUT2D eigenvalue weighted by Crippen LogP contribution is -2.13. The summed E-state index contributed by atoms with van der Waals surface area (Å²) in [5.41, 5.74) is 3.73. The van der Waals surface area contributed by atoms with Crippen molar-refractivity contribution >= 4 is 11.5 Å². The second-order valence-electron chi connectivity index (χ2n) is 7.49. The summed E-state index contributed by atoms with van der Waals surface area (Å²) >= 11 is 0. The van der Waals surface area contributed by atoms with Crippen molar-refractivity contribution in [3.63, 3.8) is 0 Å². The zero-order valence-electron chi connectivity index (χ0n) is 16.1. The van der Waals surface area contributed by atoms with Crippen LogP contribution in [0.15, 0.2) is 36.9 Å². The fraction of sp³-hybridized carbons (Fsp3) is 0.238. The summed E-state index contributed by atoms with van der Waals surface area (Å²) in [6, 6.07) is 4.99. The van der Waals surface area contributed by atoms with E-state index in [-0.39, 0.29) is 11.7 Å². The van der Waals surface area contributed by atoms with Gasteiger partial charge in [-0.15, -0.1) is 10.2 Å². The predicted molar refractivity (Wildman–Crippen MR) is 106 cm³/mol. The van der Waals surface area contributed by atoms with Crippen molar-refractivity contribution in [1.82, 2.24) is 24.6 Å². The Labute approximate surface area is 170 Å². The number of fused-ring (bicyclic) bond motifs is 3. The van der Waals surface area contributed by atoms with Gasteiger partial charge in [0.15, 0.2) is 23.0 Å². The standard InChI is InChI=1S/C21H17FN6O2/c1-11-5-23-19(24-6-11)13-4-17-21(28-10-26-27-20(13)28)25-7-14-15(22)2-3-16-18(14)12(8-29-16)9-30-17/h2-6,10,12,25H,7-9H2,1H3/t12-/m0/s1. The van der Waals surface area contributed by atoms with Crippen LogP contribution in [0.2, 0.25) is 0 Å². The predicted octanol–water partition coefficient (Wildman–Crippen LogP) is 3.11. The van der Waals surface area contributed by atoms with Crippen LogP contribution in [-0.2, 0) is 6.54 Å². The first kappa shape index (κ1) is 17.1. The average molecular weight is 404 g/mol. The first-order valence-electron chi connectivity index (χ1n) is 9.65.